The summed E-state index contributed by atoms with van der Waals surface area (Å²) in [6.07, 6.45) is 0.497. The van der Waals surface area contributed by atoms with Gasteiger partial charge in [-0.15, -0.1) is 0 Å². The zero-order chi connectivity index (χ0) is 16.9. The van der Waals surface area contributed by atoms with Gasteiger partial charge in [0.25, 0.3) is 5.91 Å². The third-order valence-electron chi connectivity index (χ3n) is 3.79. The molecule has 1 heterocycles. The van der Waals surface area contributed by atoms with Crippen LogP contribution in [0.4, 0.5) is 0 Å². The highest BCUT2D eigenvalue weighted by Gasteiger charge is 2.10. The molecule has 1 aromatic heterocycles. The minimum Gasteiger partial charge on any atom is -0.352 e. The van der Waals surface area contributed by atoms with Gasteiger partial charge >= 0.3 is 0 Å². The number of aromatic nitrogens is 2. The van der Waals surface area contributed by atoms with E-state index in [4.69, 9.17) is 4.52 Å². The van der Waals surface area contributed by atoms with E-state index in [0.717, 1.165) is 11.1 Å². The molecule has 0 atom stereocenters. The topological polar surface area (TPSA) is 68.0 Å². The number of carbonyl (C=O) groups is 1. The first-order chi connectivity index (χ1) is 11.6. The van der Waals surface area contributed by atoms with Crippen LogP contribution in [0.15, 0.2) is 53.1 Å². The van der Waals surface area contributed by atoms with Gasteiger partial charge in [0.2, 0.25) is 11.7 Å². The average Bonchev–Trinajstić information content (AvgIpc) is 3.04. The SMILES string of the molecule is Cc1ccc(-c2noc(CCNC(=O)c3ccccc3C)n2)cc1. The molecule has 3 rings (SSSR count). The lowest BCUT2D eigenvalue weighted by Gasteiger charge is -2.05. The van der Waals surface area contributed by atoms with Crippen molar-refractivity contribution in [3.05, 3.63) is 71.1 Å². The maximum atomic E-state index is 12.1. The normalized spacial score (nSPS) is 10.6. The van der Waals surface area contributed by atoms with Gasteiger partial charge in [0, 0.05) is 24.1 Å². The van der Waals surface area contributed by atoms with Crippen LogP contribution in [0, 0.1) is 13.8 Å². The number of hydrogen-bond donors (Lipinski definition) is 1. The Morgan fingerprint density at radius 3 is 2.58 bits per heavy atom. The summed E-state index contributed by atoms with van der Waals surface area (Å²) in [4.78, 5) is 16.5. The van der Waals surface area contributed by atoms with E-state index < -0.39 is 0 Å². The number of amides is 1. The van der Waals surface area contributed by atoms with Crippen LogP contribution in [-0.4, -0.2) is 22.6 Å². The summed E-state index contributed by atoms with van der Waals surface area (Å²) >= 11 is 0. The smallest absolute Gasteiger partial charge is 0.251 e. The summed E-state index contributed by atoms with van der Waals surface area (Å²) in [6.45, 7) is 4.39. The maximum Gasteiger partial charge on any atom is 0.251 e. The Hall–Kier alpha value is -2.95. The zero-order valence-electron chi connectivity index (χ0n) is 13.7. The molecule has 0 aliphatic carbocycles. The summed E-state index contributed by atoms with van der Waals surface area (Å²) < 4.78 is 5.25. The van der Waals surface area contributed by atoms with Gasteiger partial charge in [-0.1, -0.05) is 53.2 Å². The number of benzene rings is 2. The van der Waals surface area contributed by atoms with Gasteiger partial charge in [-0.2, -0.15) is 4.98 Å². The van der Waals surface area contributed by atoms with Crippen molar-refractivity contribution >= 4 is 5.91 Å². The quantitative estimate of drug-likeness (QED) is 0.782. The Morgan fingerprint density at radius 2 is 1.83 bits per heavy atom. The molecule has 0 spiro atoms. The fraction of sp³-hybridized carbons (Fsp3) is 0.211. The van der Waals surface area contributed by atoms with E-state index in [1.807, 2.05) is 62.4 Å². The molecule has 0 fully saturated rings. The largest absolute Gasteiger partial charge is 0.352 e. The molecule has 0 radical (unpaired) electrons. The summed E-state index contributed by atoms with van der Waals surface area (Å²) in [7, 11) is 0. The van der Waals surface area contributed by atoms with Crippen LogP contribution in [0.3, 0.4) is 0 Å². The lowest BCUT2D eigenvalue weighted by Crippen LogP contribution is -2.26. The first-order valence-electron chi connectivity index (χ1n) is 7.87. The van der Waals surface area contributed by atoms with Crippen molar-refractivity contribution in [2.24, 2.45) is 0 Å². The molecule has 1 amide bonds. The Bertz CT molecular complexity index is 838. The van der Waals surface area contributed by atoms with Crippen molar-refractivity contribution in [2.45, 2.75) is 20.3 Å². The van der Waals surface area contributed by atoms with Gasteiger partial charge in [-0.25, -0.2) is 0 Å². The third kappa shape index (κ3) is 3.68. The van der Waals surface area contributed by atoms with Gasteiger partial charge in [-0.05, 0) is 25.5 Å². The molecule has 5 nitrogen and oxygen atoms in total. The van der Waals surface area contributed by atoms with Crippen LogP contribution >= 0.6 is 0 Å². The summed E-state index contributed by atoms with van der Waals surface area (Å²) in [5.41, 5.74) is 3.73. The van der Waals surface area contributed by atoms with Crippen LogP contribution in [0.5, 0.6) is 0 Å². The number of hydrogen-bond acceptors (Lipinski definition) is 4. The summed E-state index contributed by atoms with van der Waals surface area (Å²) in [6, 6.07) is 15.4. The summed E-state index contributed by atoms with van der Waals surface area (Å²) in [5, 5.41) is 6.87. The Morgan fingerprint density at radius 1 is 1.08 bits per heavy atom. The van der Waals surface area contributed by atoms with Crippen LogP contribution < -0.4 is 5.32 Å². The number of nitrogens with one attached hydrogen (secondary N) is 1. The molecule has 122 valence electrons. The van der Waals surface area contributed by atoms with E-state index in [2.05, 4.69) is 15.5 Å². The van der Waals surface area contributed by atoms with Crippen molar-refractivity contribution in [2.75, 3.05) is 6.54 Å². The molecular formula is C19H19N3O2. The van der Waals surface area contributed by atoms with Crippen molar-refractivity contribution in [3.63, 3.8) is 0 Å². The number of nitrogens with zero attached hydrogens (tertiary/aromatic N) is 2. The average molecular weight is 321 g/mol. The number of rotatable bonds is 5. The van der Waals surface area contributed by atoms with Gasteiger partial charge < -0.3 is 9.84 Å². The van der Waals surface area contributed by atoms with Gasteiger partial charge in [0.05, 0.1) is 0 Å². The monoisotopic (exact) mass is 321 g/mol. The van der Waals surface area contributed by atoms with Crippen LogP contribution in [0.25, 0.3) is 11.4 Å². The second-order valence-electron chi connectivity index (χ2n) is 5.70. The van der Waals surface area contributed by atoms with E-state index >= 15 is 0 Å². The predicted molar refractivity (Wildman–Crippen MR) is 91.7 cm³/mol. The molecule has 2 aromatic carbocycles. The molecule has 0 aliphatic heterocycles. The van der Waals surface area contributed by atoms with Crippen LogP contribution in [0.2, 0.25) is 0 Å². The maximum absolute atomic E-state index is 12.1. The molecule has 0 saturated carbocycles. The van der Waals surface area contributed by atoms with Crippen LogP contribution in [-0.2, 0) is 6.42 Å². The zero-order valence-corrected chi connectivity index (χ0v) is 13.7. The van der Waals surface area contributed by atoms with Crippen molar-refractivity contribution in [1.29, 1.82) is 0 Å². The Kier molecular flexibility index (Phi) is 4.70. The molecule has 0 saturated heterocycles. The van der Waals surface area contributed by atoms with Gasteiger partial charge in [0.1, 0.15) is 0 Å². The lowest BCUT2D eigenvalue weighted by atomic mass is 10.1. The lowest BCUT2D eigenvalue weighted by molar-refractivity contribution is 0.0953. The third-order valence-corrected chi connectivity index (χ3v) is 3.79. The molecule has 24 heavy (non-hydrogen) atoms. The molecule has 5 heteroatoms. The molecule has 1 N–H and O–H groups in total. The van der Waals surface area contributed by atoms with E-state index in [0.29, 0.717) is 30.2 Å². The van der Waals surface area contributed by atoms with Gasteiger partial charge in [0.15, 0.2) is 0 Å². The van der Waals surface area contributed by atoms with E-state index in [1.54, 1.807) is 0 Å². The highest BCUT2D eigenvalue weighted by molar-refractivity contribution is 5.95. The fourth-order valence-corrected chi connectivity index (χ4v) is 2.38. The Labute approximate surface area is 140 Å². The van der Waals surface area contributed by atoms with E-state index in [1.165, 1.54) is 5.56 Å². The minimum absolute atomic E-state index is 0.0913. The summed E-state index contributed by atoms with van der Waals surface area (Å²) in [5.74, 6) is 0.984. The highest BCUT2D eigenvalue weighted by atomic mass is 16.5. The van der Waals surface area contributed by atoms with E-state index in [-0.39, 0.29) is 5.91 Å². The number of aryl methyl sites for hydroxylation is 2. The van der Waals surface area contributed by atoms with Crippen molar-refractivity contribution in [1.82, 2.24) is 15.5 Å². The molecular weight excluding hydrogens is 302 g/mol. The highest BCUT2D eigenvalue weighted by Crippen LogP contribution is 2.16. The van der Waals surface area contributed by atoms with Crippen molar-refractivity contribution < 1.29 is 9.32 Å². The minimum atomic E-state index is -0.0913. The fourth-order valence-electron chi connectivity index (χ4n) is 2.38. The Balaban J connectivity index is 1.57. The molecule has 0 aliphatic rings. The van der Waals surface area contributed by atoms with Crippen LogP contribution in [0.1, 0.15) is 27.4 Å². The second-order valence-corrected chi connectivity index (χ2v) is 5.70. The predicted octanol–water partition coefficient (Wildman–Crippen LogP) is 3.33. The number of carbonyl (C=O) groups excluding carboxylic acids is 1. The van der Waals surface area contributed by atoms with E-state index in [9.17, 15) is 4.79 Å². The van der Waals surface area contributed by atoms with Gasteiger partial charge in [-0.3, -0.25) is 4.79 Å². The molecule has 3 aromatic rings. The second kappa shape index (κ2) is 7.08. The standard InChI is InChI=1S/C19H19N3O2/c1-13-7-9-15(10-8-13)18-21-17(24-22-18)11-12-20-19(23)16-6-4-3-5-14(16)2/h3-10H,11-12H2,1-2H3,(H,20,23). The molecule has 0 unspecified atom stereocenters. The first-order valence-corrected chi connectivity index (χ1v) is 7.87. The molecule has 0 bridgehead atoms. The first kappa shape index (κ1) is 15.9. The van der Waals surface area contributed by atoms with Crippen molar-refractivity contribution in [3.8, 4) is 11.4 Å².